The van der Waals surface area contributed by atoms with Crippen LogP contribution in [0.4, 0.5) is 0 Å². The number of nitrogens with zero attached hydrogens (tertiary/aromatic N) is 2. The topological polar surface area (TPSA) is 61.8 Å². The van der Waals surface area contributed by atoms with E-state index in [4.69, 9.17) is 0 Å². The molecule has 0 aliphatic heterocycles. The maximum absolute atomic E-state index is 10.0. The Bertz CT molecular complexity index is 841. The molecule has 1 aliphatic rings. The van der Waals surface area contributed by atoms with Crippen molar-refractivity contribution in [3.63, 3.8) is 0 Å². The molecule has 3 aromatic rings. The molecule has 1 saturated carbocycles. The van der Waals surface area contributed by atoms with Crippen LogP contribution >= 0.6 is 0 Å². The molecule has 0 bridgehead atoms. The van der Waals surface area contributed by atoms with Gasteiger partial charge in [-0.05, 0) is 48.4 Å². The fourth-order valence-electron chi connectivity index (χ4n) is 3.89. The van der Waals surface area contributed by atoms with Crippen molar-refractivity contribution < 1.29 is 5.11 Å². The van der Waals surface area contributed by atoms with Gasteiger partial charge in [-0.1, -0.05) is 37.6 Å². The monoisotopic (exact) mass is 347 g/mol. The Labute approximate surface area is 154 Å². The summed E-state index contributed by atoms with van der Waals surface area (Å²) in [7, 11) is 0. The second kappa shape index (κ2) is 7.42. The highest BCUT2D eigenvalue weighted by molar-refractivity contribution is 5.54. The molecule has 4 nitrogen and oxygen atoms in total. The zero-order valence-corrected chi connectivity index (χ0v) is 15.1. The second-order valence-corrected chi connectivity index (χ2v) is 7.35. The molecule has 3 unspecified atom stereocenters. The minimum atomic E-state index is -0.120. The molecule has 1 aromatic carbocycles. The van der Waals surface area contributed by atoms with Gasteiger partial charge in [0.1, 0.15) is 5.82 Å². The summed E-state index contributed by atoms with van der Waals surface area (Å²) in [5.41, 5.74) is 4.74. The quantitative estimate of drug-likeness (QED) is 0.722. The number of rotatable bonds is 5. The van der Waals surface area contributed by atoms with Crippen molar-refractivity contribution in [2.45, 2.75) is 44.6 Å². The Hall–Kier alpha value is -2.46. The average molecular weight is 347 g/mol. The van der Waals surface area contributed by atoms with E-state index in [9.17, 15) is 5.11 Å². The molecule has 0 amide bonds. The summed E-state index contributed by atoms with van der Waals surface area (Å²) in [6.07, 6.45) is 9.59. The van der Waals surface area contributed by atoms with Gasteiger partial charge in [-0.15, -0.1) is 0 Å². The van der Waals surface area contributed by atoms with Crippen LogP contribution in [0.15, 0.2) is 55.0 Å². The Morgan fingerprint density at radius 2 is 1.88 bits per heavy atom. The molecule has 0 saturated heterocycles. The van der Waals surface area contributed by atoms with Crippen LogP contribution in [0.3, 0.4) is 0 Å². The molecule has 2 N–H and O–H groups in total. The summed E-state index contributed by atoms with van der Waals surface area (Å²) < 4.78 is 0. The lowest BCUT2D eigenvalue weighted by Gasteiger charge is -2.15. The summed E-state index contributed by atoms with van der Waals surface area (Å²) in [4.78, 5) is 12.0. The number of aliphatic hydroxyl groups excluding tert-OH is 1. The summed E-state index contributed by atoms with van der Waals surface area (Å²) in [5.74, 6) is 1.55. The lowest BCUT2D eigenvalue weighted by molar-refractivity contribution is 0.132. The third-order valence-corrected chi connectivity index (χ3v) is 5.61. The molecule has 1 fully saturated rings. The van der Waals surface area contributed by atoms with Gasteiger partial charge in [0.15, 0.2) is 0 Å². The van der Waals surface area contributed by atoms with Crippen molar-refractivity contribution in [1.82, 2.24) is 15.0 Å². The van der Waals surface area contributed by atoms with Gasteiger partial charge in [-0.3, -0.25) is 4.98 Å². The maximum atomic E-state index is 10.0. The van der Waals surface area contributed by atoms with Crippen molar-refractivity contribution in [2.24, 2.45) is 5.92 Å². The van der Waals surface area contributed by atoms with Crippen molar-refractivity contribution in [3.05, 3.63) is 71.8 Å². The minimum Gasteiger partial charge on any atom is -0.393 e. The first-order valence-corrected chi connectivity index (χ1v) is 9.43. The van der Waals surface area contributed by atoms with Crippen molar-refractivity contribution in [1.29, 1.82) is 0 Å². The highest BCUT2D eigenvalue weighted by Gasteiger charge is 2.25. The smallest absolute Gasteiger partial charge is 0.137 e. The van der Waals surface area contributed by atoms with E-state index in [0.717, 1.165) is 42.8 Å². The van der Waals surface area contributed by atoms with Gasteiger partial charge >= 0.3 is 0 Å². The SMILES string of the molecule is CC(c1ccc(CC2CCCC2O)cc1)c1cnc(-c2ccncc2)[nH]1. The van der Waals surface area contributed by atoms with E-state index < -0.39 is 0 Å². The van der Waals surface area contributed by atoms with Gasteiger partial charge in [0, 0.05) is 35.8 Å². The van der Waals surface area contributed by atoms with Crippen LogP contribution < -0.4 is 0 Å². The highest BCUT2D eigenvalue weighted by atomic mass is 16.3. The van der Waals surface area contributed by atoms with Gasteiger partial charge in [0.25, 0.3) is 0 Å². The summed E-state index contributed by atoms with van der Waals surface area (Å²) in [6, 6.07) is 12.7. The van der Waals surface area contributed by atoms with E-state index in [1.807, 2.05) is 18.3 Å². The van der Waals surface area contributed by atoms with Crippen molar-refractivity contribution in [3.8, 4) is 11.4 Å². The number of pyridine rings is 1. The second-order valence-electron chi connectivity index (χ2n) is 7.35. The van der Waals surface area contributed by atoms with Gasteiger partial charge < -0.3 is 10.1 Å². The normalized spacial score (nSPS) is 21.0. The molecular formula is C22H25N3O. The molecule has 134 valence electrons. The van der Waals surface area contributed by atoms with Crippen LogP contribution in [0.2, 0.25) is 0 Å². The molecular weight excluding hydrogens is 322 g/mol. The fourth-order valence-corrected chi connectivity index (χ4v) is 3.89. The number of H-pyrrole nitrogens is 1. The number of benzene rings is 1. The molecule has 2 aromatic heterocycles. The Balaban J connectivity index is 1.46. The van der Waals surface area contributed by atoms with Crippen LogP contribution in [0.25, 0.3) is 11.4 Å². The van der Waals surface area contributed by atoms with E-state index in [1.165, 1.54) is 11.1 Å². The fraction of sp³-hybridized carbons (Fsp3) is 0.364. The number of nitrogens with one attached hydrogen (secondary N) is 1. The van der Waals surface area contributed by atoms with Crippen LogP contribution in [0, 0.1) is 5.92 Å². The Morgan fingerprint density at radius 1 is 1.12 bits per heavy atom. The van der Waals surface area contributed by atoms with E-state index >= 15 is 0 Å². The molecule has 4 heteroatoms. The number of aliphatic hydroxyl groups is 1. The first kappa shape index (κ1) is 17.0. The molecule has 4 rings (SSSR count). The van der Waals surface area contributed by atoms with Crippen molar-refractivity contribution >= 4 is 0 Å². The highest BCUT2D eigenvalue weighted by Crippen LogP contribution is 2.30. The molecule has 2 heterocycles. The molecule has 3 atom stereocenters. The van der Waals surface area contributed by atoms with E-state index in [1.54, 1.807) is 12.4 Å². The maximum Gasteiger partial charge on any atom is 0.137 e. The number of aromatic amines is 1. The Morgan fingerprint density at radius 3 is 2.58 bits per heavy atom. The van der Waals surface area contributed by atoms with E-state index in [0.29, 0.717) is 5.92 Å². The first-order chi connectivity index (χ1) is 12.7. The van der Waals surface area contributed by atoms with E-state index in [2.05, 4.69) is 46.1 Å². The van der Waals surface area contributed by atoms with E-state index in [-0.39, 0.29) is 12.0 Å². The lowest BCUT2D eigenvalue weighted by atomic mass is 9.93. The van der Waals surface area contributed by atoms with Gasteiger partial charge in [0.05, 0.1) is 6.10 Å². The molecule has 26 heavy (non-hydrogen) atoms. The van der Waals surface area contributed by atoms with Gasteiger partial charge in [0.2, 0.25) is 0 Å². The number of hydrogen-bond acceptors (Lipinski definition) is 3. The number of imidazole rings is 1. The number of hydrogen-bond donors (Lipinski definition) is 2. The minimum absolute atomic E-state index is 0.120. The third-order valence-electron chi connectivity index (χ3n) is 5.61. The van der Waals surface area contributed by atoms with Crippen LogP contribution in [0.5, 0.6) is 0 Å². The lowest BCUT2D eigenvalue weighted by Crippen LogP contribution is -2.15. The molecule has 1 aliphatic carbocycles. The summed E-state index contributed by atoms with van der Waals surface area (Å²) in [6.45, 7) is 2.19. The first-order valence-electron chi connectivity index (χ1n) is 9.43. The summed E-state index contributed by atoms with van der Waals surface area (Å²) >= 11 is 0. The zero-order valence-electron chi connectivity index (χ0n) is 15.1. The van der Waals surface area contributed by atoms with Gasteiger partial charge in [-0.25, -0.2) is 4.98 Å². The molecule has 0 spiro atoms. The predicted octanol–water partition coefficient (Wildman–Crippen LogP) is 4.33. The van der Waals surface area contributed by atoms with Gasteiger partial charge in [-0.2, -0.15) is 0 Å². The standard InChI is InChI=1S/C22H25N3O/c1-15(20-14-24-22(25-20)18-9-11-23-12-10-18)17-7-5-16(6-8-17)13-19-3-2-4-21(19)26/h5-12,14-15,19,21,26H,2-4,13H2,1H3,(H,24,25). The van der Waals surface area contributed by atoms with Crippen LogP contribution in [-0.4, -0.2) is 26.2 Å². The largest absolute Gasteiger partial charge is 0.393 e. The zero-order chi connectivity index (χ0) is 17.9. The van der Waals surface area contributed by atoms with Crippen LogP contribution in [-0.2, 0) is 6.42 Å². The van der Waals surface area contributed by atoms with Crippen molar-refractivity contribution in [2.75, 3.05) is 0 Å². The molecule has 0 radical (unpaired) electrons. The summed E-state index contributed by atoms with van der Waals surface area (Å²) in [5, 5.41) is 10.0. The number of aromatic nitrogens is 3. The Kier molecular flexibility index (Phi) is 4.85. The van der Waals surface area contributed by atoms with Crippen LogP contribution in [0.1, 0.15) is 48.9 Å². The average Bonchev–Trinajstić information content (AvgIpc) is 3.32. The predicted molar refractivity (Wildman–Crippen MR) is 103 cm³/mol. The third kappa shape index (κ3) is 3.56.